The van der Waals surface area contributed by atoms with Gasteiger partial charge in [0.2, 0.25) is 0 Å². The van der Waals surface area contributed by atoms with Crippen LogP contribution in [0.4, 0.5) is 5.82 Å². The fraction of sp³-hybridized carbons (Fsp3) is 0.545. The summed E-state index contributed by atoms with van der Waals surface area (Å²) in [5, 5.41) is 9.26. The number of nitrogens with zero attached hydrogens (tertiary/aromatic N) is 2. The highest BCUT2D eigenvalue weighted by Crippen LogP contribution is 2.19. The number of aliphatic hydroxyl groups excluding tert-OH is 1. The van der Waals surface area contributed by atoms with Crippen LogP contribution in [0.25, 0.3) is 0 Å². The van der Waals surface area contributed by atoms with Crippen molar-refractivity contribution in [3.63, 3.8) is 0 Å². The van der Waals surface area contributed by atoms with Gasteiger partial charge in [-0.15, -0.1) is 0 Å². The van der Waals surface area contributed by atoms with E-state index in [4.69, 9.17) is 5.73 Å². The quantitative estimate of drug-likeness (QED) is 0.768. The second-order valence-electron chi connectivity index (χ2n) is 4.22. The minimum atomic E-state index is -0.319. The Morgan fingerprint density at radius 3 is 2.67 bits per heavy atom. The molecule has 15 heavy (non-hydrogen) atoms. The first kappa shape index (κ1) is 11.9. The molecule has 0 radical (unpaired) electrons. The summed E-state index contributed by atoms with van der Waals surface area (Å²) in [6.45, 7) is 4.44. The van der Waals surface area contributed by atoms with Crippen molar-refractivity contribution in [2.75, 3.05) is 18.6 Å². The van der Waals surface area contributed by atoms with Crippen LogP contribution in [-0.4, -0.2) is 29.3 Å². The van der Waals surface area contributed by atoms with Gasteiger partial charge in [-0.2, -0.15) is 0 Å². The molecule has 0 fully saturated rings. The lowest BCUT2D eigenvalue weighted by atomic mass is 10.1. The number of hydrogen-bond donors (Lipinski definition) is 2. The van der Waals surface area contributed by atoms with Crippen molar-refractivity contribution in [3.8, 4) is 0 Å². The number of anilines is 1. The Hall–Kier alpha value is -1.13. The lowest BCUT2D eigenvalue weighted by molar-refractivity contribution is 0.215. The van der Waals surface area contributed by atoms with E-state index in [0.717, 1.165) is 11.5 Å². The van der Waals surface area contributed by atoms with E-state index in [0.29, 0.717) is 6.54 Å². The van der Waals surface area contributed by atoms with Gasteiger partial charge in [0.1, 0.15) is 5.82 Å². The molecule has 0 aliphatic heterocycles. The van der Waals surface area contributed by atoms with Gasteiger partial charge in [0.15, 0.2) is 0 Å². The average molecular weight is 209 g/mol. The summed E-state index contributed by atoms with van der Waals surface area (Å²) in [5.41, 5.74) is 6.07. The normalized spacial score (nSPS) is 11.5. The number of aliphatic hydroxyl groups is 1. The van der Waals surface area contributed by atoms with E-state index in [1.165, 1.54) is 0 Å². The van der Waals surface area contributed by atoms with E-state index >= 15 is 0 Å². The van der Waals surface area contributed by atoms with Gasteiger partial charge in [-0.05, 0) is 26.0 Å². The SMILES string of the molecule is CN(c1cccc(CN)n1)C(C)(C)CO. The number of aromatic nitrogens is 1. The number of pyridine rings is 1. The molecule has 0 aliphatic rings. The Balaban J connectivity index is 2.95. The summed E-state index contributed by atoms with van der Waals surface area (Å²) in [4.78, 5) is 6.35. The Kier molecular flexibility index (Phi) is 3.66. The molecule has 0 aromatic carbocycles. The van der Waals surface area contributed by atoms with Crippen molar-refractivity contribution >= 4 is 5.82 Å². The van der Waals surface area contributed by atoms with Gasteiger partial charge < -0.3 is 15.7 Å². The fourth-order valence-electron chi connectivity index (χ4n) is 1.18. The highest BCUT2D eigenvalue weighted by atomic mass is 16.3. The van der Waals surface area contributed by atoms with Gasteiger partial charge in [0, 0.05) is 13.6 Å². The minimum Gasteiger partial charge on any atom is -0.394 e. The molecule has 4 heteroatoms. The molecule has 1 heterocycles. The zero-order valence-corrected chi connectivity index (χ0v) is 9.57. The zero-order valence-electron chi connectivity index (χ0n) is 9.57. The van der Waals surface area contributed by atoms with Crippen LogP contribution in [0.3, 0.4) is 0 Å². The third-order valence-corrected chi connectivity index (χ3v) is 2.64. The largest absolute Gasteiger partial charge is 0.394 e. The first-order valence-corrected chi connectivity index (χ1v) is 5.02. The summed E-state index contributed by atoms with van der Waals surface area (Å²) < 4.78 is 0. The smallest absolute Gasteiger partial charge is 0.129 e. The Labute approximate surface area is 90.7 Å². The summed E-state index contributed by atoms with van der Waals surface area (Å²) in [7, 11) is 1.92. The average Bonchev–Trinajstić information content (AvgIpc) is 2.28. The maximum atomic E-state index is 9.26. The Morgan fingerprint density at radius 1 is 1.47 bits per heavy atom. The van der Waals surface area contributed by atoms with Crippen LogP contribution in [0.1, 0.15) is 19.5 Å². The molecule has 0 amide bonds. The van der Waals surface area contributed by atoms with Gasteiger partial charge in [-0.3, -0.25) is 0 Å². The van der Waals surface area contributed by atoms with Gasteiger partial charge in [0.05, 0.1) is 17.8 Å². The van der Waals surface area contributed by atoms with Gasteiger partial charge >= 0.3 is 0 Å². The van der Waals surface area contributed by atoms with Crippen molar-refractivity contribution in [1.82, 2.24) is 4.98 Å². The van der Waals surface area contributed by atoms with Crippen LogP contribution in [0.15, 0.2) is 18.2 Å². The van der Waals surface area contributed by atoms with E-state index in [9.17, 15) is 5.11 Å². The molecule has 0 saturated heterocycles. The van der Waals surface area contributed by atoms with Crippen molar-refractivity contribution in [2.45, 2.75) is 25.9 Å². The molecule has 0 saturated carbocycles. The second-order valence-corrected chi connectivity index (χ2v) is 4.22. The molecular formula is C11H19N3O. The van der Waals surface area contributed by atoms with Crippen LogP contribution in [-0.2, 0) is 6.54 Å². The second kappa shape index (κ2) is 4.59. The molecule has 1 aromatic rings. The molecule has 0 atom stereocenters. The standard InChI is InChI=1S/C11H19N3O/c1-11(2,8-15)14(3)10-6-4-5-9(7-12)13-10/h4-6,15H,7-8,12H2,1-3H3. The molecule has 1 aromatic heterocycles. The van der Waals surface area contributed by atoms with Crippen LogP contribution in [0.5, 0.6) is 0 Å². The highest BCUT2D eigenvalue weighted by molar-refractivity contribution is 5.41. The van der Waals surface area contributed by atoms with Crippen molar-refractivity contribution < 1.29 is 5.11 Å². The number of hydrogen-bond acceptors (Lipinski definition) is 4. The molecule has 3 N–H and O–H groups in total. The molecule has 0 aliphatic carbocycles. The lowest BCUT2D eigenvalue weighted by Gasteiger charge is -2.35. The first-order valence-electron chi connectivity index (χ1n) is 5.02. The van der Waals surface area contributed by atoms with Crippen LogP contribution >= 0.6 is 0 Å². The maximum absolute atomic E-state index is 9.26. The zero-order chi connectivity index (χ0) is 11.5. The van der Waals surface area contributed by atoms with E-state index in [-0.39, 0.29) is 12.1 Å². The third kappa shape index (κ3) is 2.67. The van der Waals surface area contributed by atoms with Gasteiger partial charge in [-0.1, -0.05) is 6.07 Å². The van der Waals surface area contributed by atoms with E-state index in [1.807, 2.05) is 44.0 Å². The van der Waals surface area contributed by atoms with Gasteiger partial charge in [0.25, 0.3) is 0 Å². The molecule has 0 unspecified atom stereocenters. The summed E-state index contributed by atoms with van der Waals surface area (Å²) in [5.74, 6) is 0.831. The molecule has 84 valence electrons. The minimum absolute atomic E-state index is 0.0814. The van der Waals surface area contributed by atoms with Crippen molar-refractivity contribution in [2.24, 2.45) is 5.73 Å². The van der Waals surface area contributed by atoms with E-state index < -0.39 is 0 Å². The molecule has 0 bridgehead atoms. The predicted molar refractivity (Wildman–Crippen MR) is 61.7 cm³/mol. The molecule has 4 nitrogen and oxygen atoms in total. The maximum Gasteiger partial charge on any atom is 0.129 e. The van der Waals surface area contributed by atoms with Gasteiger partial charge in [-0.25, -0.2) is 4.98 Å². The number of likely N-dealkylation sites (N-methyl/N-ethyl adjacent to an activating group) is 1. The fourth-order valence-corrected chi connectivity index (χ4v) is 1.18. The third-order valence-electron chi connectivity index (χ3n) is 2.64. The topological polar surface area (TPSA) is 62.4 Å². The summed E-state index contributed by atoms with van der Waals surface area (Å²) in [6.07, 6.45) is 0. The monoisotopic (exact) mass is 209 g/mol. The van der Waals surface area contributed by atoms with Crippen LogP contribution < -0.4 is 10.6 Å². The molecular weight excluding hydrogens is 190 g/mol. The predicted octanol–water partition coefficient (Wildman–Crippen LogP) is 0.747. The highest BCUT2D eigenvalue weighted by Gasteiger charge is 2.23. The number of rotatable bonds is 4. The number of nitrogens with two attached hydrogens (primary N) is 1. The summed E-state index contributed by atoms with van der Waals surface area (Å²) in [6, 6.07) is 5.73. The molecule has 0 spiro atoms. The van der Waals surface area contributed by atoms with Crippen molar-refractivity contribution in [3.05, 3.63) is 23.9 Å². The van der Waals surface area contributed by atoms with Crippen LogP contribution in [0, 0.1) is 0 Å². The van der Waals surface area contributed by atoms with Crippen LogP contribution in [0.2, 0.25) is 0 Å². The summed E-state index contributed by atoms with van der Waals surface area (Å²) >= 11 is 0. The van der Waals surface area contributed by atoms with Crippen molar-refractivity contribution in [1.29, 1.82) is 0 Å². The lowest BCUT2D eigenvalue weighted by Crippen LogP contribution is -2.44. The Morgan fingerprint density at radius 2 is 2.13 bits per heavy atom. The Bertz CT molecular complexity index is 325. The van der Waals surface area contributed by atoms with E-state index in [1.54, 1.807) is 0 Å². The molecule has 1 rings (SSSR count). The first-order chi connectivity index (χ1) is 7.01. The van der Waals surface area contributed by atoms with E-state index in [2.05, 4.69) is 4.98 Å².